The number of pyridine rings is 1. The summed E-state index contributed by atoms with van der Waals surface area (Å²) in [5.74, 6) is 0. The van der Waals surface area contributed by atoms with Crippen LogP contribution in [-0.2, 0) is 16.0 Å². The summed E-state index contributed by atoms with van der Waals surface area (Å²) < 4.78 is 12.4. The maximum atomic E-state index is 6.53. The predicted octanol–water partition coefficient (Wildman–Crippen LogP) is 2.17. The number of hydrogen-bond donors (Lipinski definition) is 0. The van der Waals surface area contributed by atoms with Crippen molar-refractivity contribution in [3.63, 3.8) is 0 Å². The number of hydrogen-bond acceptors (Lipinski definition) is 5. The largest absolute Gasteiger partial charge is 0.377 e. The summed E-state index contributed by atoms with van der Waals surface area (Å²) in [6, 6.07) is 6.66. The summed E-state index contributed by atoms with van der Waals surface area (Å²) in [4.78, 5) is 9.26. The van der Waals surface area contributed by atoms with Gasteiger partial charge in [0.1, 0.15) is 5.60 Å². The van der Waals surface area contributed by atoms with E-state index in [9.17, 15) is 0 Å². The molecule has 2 fully saturated rings. The fraction of sp³-hybridized carbons (Fsp3) is 0.737. The summed E-state index contributed by atoms with van der Waals surface area (Å²) >= 11 is 0. The van der Waals surface area contributed by atoms with Crippen LogP contribution >= 0.6 is 0 Å². The average molecular weight is 333 g/mol. The van der Waals surface area contributed by atoms with Crippen LogP contribution in [0.3, 0.4) is 0 Å². The minimum Gasteiger partial charge on any atom is -0.377 e. The molecule has 0 radical (unpaired) electrons. The first-order chi connectivity index (χ1) is 11.6. The fourth-order valence-electron chi connectivity index (χ4n) is 3.62. The third-order valence-corrected chi connectivity index (χ3v) is 5.25. The van der Waals surface area contributed by atoms with E-state index in [1.807, 2.05) is 12.3 Å². The molecule has 134 valence electrons. The van der Waals surface area contributed by atoms with Gasteiger partial charge in [0.05, 0.1) is 25.0 Å². The highest BCUT2D eigenvalue weighted by atomic mass is 16.6. The molecule has 2 aliphatic heterocycles. The van der Waals surface area contributed by atoms with Gasteiger partial charge >= 0.3 is 0 Å². The standard InChI is InChI=1S/C19H31N3O2/c1-16(2)21(3)13-18-7-8-19(24-18)14-22(10-11-23-15-19)12-17-6-4-5-9-20-17/h4-6,9,16,18H,7-8,10-15H2,1-3H3. The molecular formula is C19H31N3O2. The van der Waals surface area contributed by atoms with Crippen LogP contribution in [0.25, 0.3) is 0 Å². The molecule has 0 aliphatic carbocycles. The molecule has 5 nitrogen and oxygen atoms in total. The molecule has 2 saturated heterocycles. The van der Waals surface area contributed by atoms with E-state index in [1.54, 1.807) is 0 Å². The van der Waals surface area contributed by atoms with Gasteiger partial charge in [-0.2, -0.15) is 0 Å². The van der Waals surface area contributed by atoms with Crippen molar-refractivity contribution in [2.45, 2.75) is 51.0 Å². The third-order valence-electron chi connectivity index (χ3n) is 5.25. The van der Waals surface area contributed by atoms with Crippen LogP contribution in [-0.4, -0.2) is 72.4 Å². The molecule has 24 heavy (non-hydrogen) atoms. The van der Waals surface area contributed by atoms with E-state index < -0.39 is 0 Å². The lowest BCUT2D eigenvalue weighted by Crippen LogP contribution is -2.45. The van der Waals surface area contributed by atoms with E-state index in [0.29, 0.717) is 18.8 Å². The Kier molecular flexibility index (Phi) is 5.87. The highest BCUT2D eigenvalue weighted by Crippen LogP contribution is 2.33. The minimum atomic E-state index is -0.145. The first kappa shape index (κ1) is 17.8. The zero-order chi connectivity index (χ0) is 17.0. The van der Waals surface area contributed by atoms with Crippen molar-refractivity contribution in [1.82, 2.24) is 14.8 Å². The molecule has 1 aromatic rings. The number of rotatable bonds is 5. The Hall–Kier alpha value is -1.01. The highest BCUT2D eigenvalue weighted by molar-refractivity contribution is 5.04. The van der Waals surface area contributed by atoms with Crippen molar-refractivity contribution in [2.24, 2.45) is 0 Å². The third kappa shape index (κ3) is 4.54. The van der Waals surface area contributed by atoms with Crippen molar-refractivity contribution < 1.29 is 9.47 Å². The van der Waals surface area contributed by atoms with Crippen LogP contribution in [0.4, 0.5) is 0 Å². The van der Waals surface area contributed by atoms with Gasteiger partial charge in [-0.3, -0.25) is 9.88 Å². The van der Waals surface area contributed by atoms with Crippen LogP contribution in [0.15, 0.2) is 24.4 Å². The van der Waals surface area contributed by atoms with Crippen LogP contribution in [0.5, 0.6) is 0 Å². The molecule has 3 heterocycles. The monoisotopic (exact) mass is 333 g/mol. The Bertz CT molecular complexity index is 511. The molecule has 1 aromatic heterocycles. The molecule has 0 N–H and O–H groups in total. The number of nitrogens with zero attached hydrogens (tertiary/aromatic N) is 3. The normalized spacial score (nSPS) is 28.8. The molecule has 5 heteroatoms. The minimum absolute atomic E-state index is 0.145. The second-order valence-electron chi connectivity index (χ2n) is 7.58. The van der Waals surface area contributed by atoms with Crippen LogP contribution in [0, 0.1) is 0 Å². The Balaban J connectivity index is 1.60. The van der Waals surface area contributed by atoms with E-state index in [2.05, 4.69) is 47.8 Å². The zero-order valence-corrected chi connectivity index (χ0v) is 15.3. The van der Waals surface area contributed by atoms with Gasteiger partial charge in [-0.25, -0.2) is 0 Å². The summed E-state index contributed by atoms with van der Waals surface area (Å²) in [6.45, 7) is 9.69. The van der Waals surface area contributed by atoms with Crippen molar-refractivity contribution in [2.75, 3.05) is 39.9 Å². The first-order valence-corrected chi connectivity index (χ1v) is 9.14. The smallest absolute Gasteiger partial charge is 0.105 e. The van der Waals surface area contributed by atoms with Crippen molar-refractivity contribution in [3.8, 4) is 0 Å². The van der Waals surface area contributed by atoms with Gasteiger partial charge in [0.15, 0.2) is 0 Å². The lowest BCUT2D eigenvalue weighted by Gasteiger charge is -2.33. The molecule has 0 amide bonds. The average Bonchev–Trinajstić information content (AvgIpc) is 2.83. The van der Waals surface area contributed by atoms with Gasteiger partial charge < -0.3 is 14.4 Å². The first-order valence-electron chi connectivity index (χ1n) is 9.14. The summed E-state index contributed by atoms with van der Waals surface area (Å²) in [6.07, 6.45) is 4.39. The summed E-state index contributed by atoms with van der Waals surface area (Å²) in [7, 11) is 2.18. The summed E-state index contributed by atoms with van der Waals surface area (Å²) in [5.41, 5.74) is 0.969. The SMILES string of the molecule is CC(C)N(C)CC1CCC2(COCCN(Cc3ccccn3)C2)O1. The second-order valence-corrected chi connectivity index (χ2v) is 7.58. The highest BCUT2D eigenvalue weighted by Gasteiger charge is 2.43. The quantitative estimate of drug-likeness (QED) is 0.826. The topological polar surface area (TPSA) is 37.8 Å². The maximum absolute atomic E-state index is 6.53. The molecule has 0 bridgehead atoms. The zero-order valence-electron chi connectivity index (χ0n) is 15.3. The molecule has 2 unspecified atom stereocenters. The summed E-state index contributed by atoms with van der Waals surface area (Å²) in [5, 5.41) is 0. The molecular weight excluding hydrogens is 302 g/mol. The molecule has 0 saturated carbocycles. The maximum Gasteiger partial charge on any atom is 0.105 e. The van der Waals surface area contributed by atoms with E-state index in [1.165, 1.54) is 0 Å². The van der Waals surface area contributed by atoms with Crippen molar-refractivity contribution in [3.05, 3.63) is 30.1 Å². The molecule has 3 rings (SSSR count). The van der Waals surface area contributed by atoms with Gasteiger partial charge in [-0.05, 0) is 45.9 Å². The number of aromatic nitrogens is 1. The molecule has 2 atom stereocenters. The van der Waals surface area contributed by atoms with Crippen LogP contribution in [0.2, 0.25) is 0 Å². The second kappa shape index (κ2) is 7.91. The van der Waals surface area contributed by atoms with Gasteiger partial charge in [-0.1, -0.05) is 6.07 Å². The Morgan fingerprint density at radius 1 is 1.42 bits per heavy atom. The van der Waals surface area contributed by atoms with E-state index in [-0.39, 0.29) is 5.60 Å². The van der Waals surface area contributed by atoms with Crippen molar-refractivity contribution in [1.29, 1.82) is 0 Å². The van der Waals surface area contributed by atoms with Crippen molar-refractivity contribution >= 4 is 0 Å². The van der Waals surface area contributed by atoms with Gasteiger partial charge in [-0.15, -0.1) is 0 Å². The Morgan fingerprint density at radius 3 is 3.04 bits per heavy atom. The molecule has 2 aliphatic rings. The Labute approximate surface area is 145 Å². The van der Waals surface area contributed by atoms with Gasteiger partial charge in [0.2, 0.25) is 0 Å². The lowest BCUT2D eigenvalue weighted by atomic mass is 10.00. The van der Waals surface area contributed by atoms with Gasteiger partial charge in [0.25, 0.3) is 0 Å². The predicted molar refractivity (Wildman–Crippen MR) is 94.9 cm³/mol. The fourth-order valence-corrected chi connectivity index (χ4v) is 3.62. The number of likely N-dealkylation sites (N-methyl/N-ethyl adjacent to an activating group) is 1. The van der Waals surface area contributed by atoms with E-state index in [0.717, 1.165) is 51.3 Å². The lowest BCUT2D eigenvalue weighted by molar-refractivity contribution is -0.0925. The number of ether oxygens (including phenoxy) is 2. The Morgan fingerprint density at radius 2 is 2.29 bits per heavy atom. The van der Waals surface area contributed by atoms with Crippen LogP contribution in [0.1, 0.15) is 32.4 Å². The van der Waals surface area contributed by atoms with E-state index in [4.69, 9.17) is 9.47 Å². The molecule has 0 aromatic carbocycles. The molecule has 1 spiro atoms. The van der Waals surface area contributed by atoms with Crippen LogP contribution < -0.4 is 0 Å². The van der Waals surface area contributed by atoms with Gasteiger partial charge in [0, 0.05) is 38.4 Å². The van der Waals surface area contributed by atoms with E-state index >= 15 is 0 Å².